The summed E-state index contributed by atoms with van der Waals surface area (Å²) in [7, 11) is 2.01. The van der Waals surface area contributed by atoms with Gasteiger partial charge in [0.15, 0.2) is 0 Å². The first kappa shape index (κ1) is 19.2. The van der Waals surface area contributed by atoms with E-state index in [2.05, 4.69) is 21.4 Å². The van der Waals surface area contributed by atoms with E-state index in [-0.39, 0.29) is 11.4 Å². The number of piperidine rings is 1. The van der Waals surface area contributed by atoms with Crippen LogP contribution in [0.2, 0.25) is 0 Å². The van der Waals surface area contributed by atoms with Crippen molar-refractivity contribution in [3.8, 4) is 5.69 Å². The standard InChI is InChI=1S/C23H26FN5O/c1-27(12-17-10-26-29(14-17)21-5-3-20(24)4-6-21)15-18-2-7-22-19-8-16(9-25-11-19)13-28(22)23(18)30/h2-7,10,14,16,19,25H,8-9,11-13,15H2,1H3/t16-,19+/m0/s1. The number of benzene rings is 1. The predicted molar refractivity (Wildman–Crippen MR) is 113 cm³/mol. The first-order chi connectivity index (χ1) is 14.6. The quantitative estimate of drug-likeness (QED) is 0.706. The third kappa shape index (κ3) is 3.70. The van der Waals surface area contributed by atoms with Gasteiger partial charge in [-0.25, -0.2) is 9.07 Å². The SMILES string of the molecule is CN(Cc1cnn(-c2ccc(F)cc2)c1)Cc1ccc2n(c1=O)C[C@@H]1CNC[C@H]2C1. The summed E-state index contributed by atoms with van der Waals surface area (Å²) in [6.07, 6.45) is 4.94. The van der Waals surface area contributed by atoms with Crippen LogP contribution in [0.15, 0.2) is 53.6 Å². The Balaban J connectivity index is 1.29. The van der Waals surface area contributed by atoms with Crippen molar-refractivity contribution < 1.29 is 4.39 Å². The number of nitrogens with zero attached hydrogens (tertiary/aromatic N) is 4. The van der Waals surface area contributed by atoms with Gasteiger partial charge in [-0.05, 0) is 56.3 Å². The molecule has 2 aromatic heterocycles. The number of aromatic nitrogens is 3. The van der Waals surface area contributed by atoms with Crippen LogP contribution in [0, 0.1) is 11.7 Å². The molecule has 2 bridgehead atoms. The summed E-state index contributed by atoms with van der Waals surface area (Å²) in [5, 5.41) is 7.87. The molecular weight excluding hydrogens is 381 g/mol. The molecule has 7 heteroatoms. The lowest BCUT2D eigenvalue weighted by atomic mass is 9.84. The number of rotatable bonds is 5. The van der Waals surface area contributed by atoms with E-state index >= 15 is 0 Å². The van der Waals surface area contributed by atoms with Gasteiger partial charge in [-0.2, -0.15) is 5.10 Å². The number of halogens is 1. The first-order valence-electron chi connectivity index (χ1n) is 10.5. The van der Waals surface area contributed by atoms with Gasteiger partial charge in [0.25, 0.3) is 5.56 Å². The van der Waals surface area contributed by atoms with Gasteiger partial charge in [-0.3, -0.25) is 9.69 Å². The van der Waals surface area contributed by atoms with Crippen LogP contribution in [-0.2, 0) is 19.6 Å². The minimum absolute atomic E-state index is 0.151. The molecule has 0 amide bonds. The van der Waals surface area contributed by atoms with Crippen LogP contribution in [0.25, 0.3) is 5.69 Å². The van der Waals surface area contributed by atoms with E-state index in [0.29, 0.717) is 24.9 Å². The van der Waals surface area contributed by atoms with Crippen LogP contribution in [0.4, 0.5) is 4.39 Å². The maximum Gasteiger partial charge on any atom is 0.255 e. The molecule has 2 aliphatic rings. The van der Waals surface area contributed by atoms with Gasteiger partial charge in [0.05, 0.1) is 11.9 Å². The van der Waals surface area contributed by atoms with Crippen molar-refractivity contribution in [2.75, 3.05) is 20.1 Å². The van der Waals surface area contributed by atoms with Crippen molar-refractivity contribution in [3.05, 3.63) is 81.8 Å². The Morgan fingerprint density at radius 1 is 1.17 bits per heavy atom. The van der Waals surface area contributed by atoms with Crippen LogP contribution >= 0.6 is 0 Å². The molecule has 0 saturated carbocycles. The Morgan fingerprint density at radius 3 is 2.83 bits per heavy atom. The minimum atomic E-state index is -0.262. The average molecular weight is 407 g/mol. The second kappa shape index (κ2) is 7.81. The van der Waals surface area contributed by atoms with Gasteiger partial charge in [0.1, 0.15) is 5.82 Å². The number of pyridine rings is 1. The molecule has 0 aliphatic carbocycles. The molecule has 156 valence electrons. The fraction of sp³-hybridized carbons (Fsp3) is 0.391. The van der Waals surface area contributed by atoms with Crippen molar-refractivity contribution in [2.45, 2.75) is 32.0 Å². The summed E-state index contributed by atoms with van der Waals surface area (Å²) >= 11 is 0. The lowest BCUT2D eigenvalue weighted by Crippen LogP contribution is -2.45. The van der Waals surface area contributed by atoms with Crippen molar-refractivity contribution >= 4 is 0 Å². The van der Waals surface area contributed by atoms with E-state index in [0.717, 1.165) is 36.4 Å². The molecule has 1 saturated heterocycles. The van der Waals surface area contributed by atoms with Gasteiger partial charge in [-0.1, -0.05) is 6.07 Å². The average Bonchev–Trinajstić information content (AvgIpc) is 3.19. The fourth-order valence-corrected chi connectivity index (χ4v) is 4.79. The number of hydrogen-bond donors (Lipinski definition) is 1. The van der Waals surface area contributed by atoms with E-state index in [4.69, 9.17) is 0 Å². The van der Waals surface area contributed by atoms with Gasteiger partial charge >= 0.3 is 0 Å². The third-order valence-electron chi connectivity index (χ3n) is 6.21. The predicted octanol–water partition coefficient (Wildman–Crippen LogP) is 2.51. The van der Waals surface area contributed by atoms with Crippen molar-refractivity contribution in [2.24, 2.45) is 5.92 Å². The minimum Gasteiger partial charge on any atom is -0.316 e. The maximum atomic E-state index is 13.1. The molecule has 5 rings (SSSR count). The molecule has 30 heavy (non-hydrogen) atoms. The summed E-state index contributed by atoms with van der Waals surface area (Å²) in [6.45, 7) is 4.06. The maximum absolute atomic E-state index is 13.1. The van der Waals surface area contributed by atoms with Crippen LogP contribution in [0.3, 0.4) is 0 Å². The van der Waals surface area contributed by atoms with Gasteiger partial charge < -0.3 is 9.88 Å². The third-order valence-corrected chi connectivity index (χ3v) is 6.21. The molecule has 4 heterocycles. The molecular formula is C23H26FN5O. The lowest BCUT2D eigenvalue weighted by Gasteiger charge is -2.37. The number of hydrogen-bond acceptors (Lipinski definition) is 4. The summed E-state index contributed by atoms with van der Waals surface area (Å²) in [5.41, 5.74) is 4.02. The molecule has 1 N–H and O–H groups in total. The highest BCUT2D eigenvalue weighted by atomic mass is 19.1. The number of nitrogens with one attached hydrogen (secondary N) is 1. The Bertz CT molecular complexity index is 1100. The Kier molecular flexibility index (Phi) is 5.00. The van der Waals surface area contributed by atoms with Crippen molar-refractivity contribution in [3.63, 3.8) is 0 Å². The van der Waals surface area contributed by atoms with Gasteiger partial charge in [0.2, 0.25) is 0 Å². The zero-order chi connectivity index (χ0) is 20.7. The zero-order valence-electron chi connectivity index (χ0n) is 17.1. The molecule has 2 atom stereocenters. The van der Waals surface area contributed by atoms with Crippen LogP contribution in [-0.4, -0.2) is 39.4 Å². The number of fused-ring (bicyclic) bond motifs is 4. The highest BCUT2D eigenvalue weighted by Gasteiger charge is 2.31. The topological polar surface area (TPSA) is 55.1 Å². The summed E-state index contributed by atoms with van der Waals surface area (Å²) < 4.78 is 16.9. The molecule has 1 fully saturated rings. The molecule has 3 aromatic rings. The summed E-state index contributed by atoms with van der Waals surface area (Å²) in [5.74, 6) is 0.746. The second-order valence-electron chi connectivity index (χ2n) is 8.60. The van der Waals surface area contributed by atoms with Gasteiger partial charge in [0, 0.05) is 55.1 Å². The van der Waals surface area contributed by atoms with E-state index < -0.39 is 0 Å². The van der Waals surface area contributed by atoms with Crippen molar-refractivity contribution in [1.29, 1.82) is 0 Å². The largest absolute Gasteiger partial charge is 0.316 e. The molecule has 6 nitrogen and oxygen atoms in total. The monoisotopic (exact) mass is 407 g/mol. The second-order valence-corrected chi connectivity index (χ2v) is 8.60. The Hall–Kier alpha value is -2.77. The molecule has 0 unspecified atom stereocenters. The highest BCUT2D eigenvalue weighted by molar-refractivity contribution is 5.31. The van der Waals surface area contributed by atoms with Crippen LogP contribution < -0.4 is 10.9 Å². The smallest absolute Gasteiger partial charge is 0.255 e. The fourth-order valence-electron chi connectivity index (χ4n) is 4.79. The van der Waals surface area contributed by atoms with E-state index in [1.54, 1.807) is 16.8 Å². The van der Waals surface area contributed by atoms with E-state index in [9.17, 15) is 9.18 Å². The highest BCUT2D eigenvalue weighted by Crippen LogP contribution is 2.31. The molecule has 0 spiro atoms. The van der Waals surface area contributed by atoms with Crippen LogP contribution in [0.1, 0.15) is 29.2 Å². The van der Waals surface area contributed by atoms with Crippen LogP contribution in [0.5, 0.6) is 0 Å². The lowest BCUT2D eigenvalue weighted by molar-refractivity contribution is 0.254. The molecule has 0 radical (unpaired) electrons. The summed E-state index contributed by atoms with van der Waals surface area (Å²) in [6, 6.07) is 10.4. The Labute approximate surface area is 174 Å². The first-order valence-corrected chi connectivity index (χ1v) is 10.5. The Morgan fingerprint density at radius 2 is 2.00 bits per heavy atom. The van der Waals surface area contributed by atoms with E-state index in [1.807, 2.05) is 30.1 Å². The zero-order valence-corrected chi connectivity index (χ0v) is 17.1. The van der Waals surface area contributed by atoms with E-state index in [1.165, 1.54) is 24.2 Å². The summed E-state index contributed by atoms with van der Waals surface area (Å²) in [4.78, 5) is 15.2. The van der Waals surface area contributed by atoms with Gasteiger partial charge in [-0.15, -0.1) is 0 Å². The normalized spacial score (nSPS) is 20.4. The molecule has 2 aliphatic heterocycles. The van der Waals surface area contributed by atoms with Crippen molar-refractivity contribution in [1.82, 2.24) is 24.6 Å². The molecule has 1 aromatic carbocycles.